The van der Waals surface area contributed by atoms with E-state index in [2.05, 4.69) is 22.3 Å². The topological polar surface area (TPSA) is 61.9 Å². The third-order valence-corrected chi connectivity index (χ3v) is 4.17. The van der Waals surface area contributed by atoms with Crippen molar-refractivity contribution in [2.75, 3.05) is 44.2 Å². The van der Waals surface area contributed by atoms with Crippen LogP contribution in [0.5, 0.6) is 0 Å². The van der Waals surface area contributed by atoms with Crippen molar-refractivity contribution in [2.24, 2.45) is 5.92 Å². The summed E-state index contributed by atoms with van der Waals surface area (Å²) in [5, 5.41) is 2.93. The molecule has 0 aromatic heterocycles. The molecule has 0 radical (unpaired) electrons. The molecule has 0 aliphatic carbocycles. The molecular formula is C16H21N3O3. The predicted octanol–water partition coefficient (Wildman–Crippen LogP) is 1.08. The Bertz CT molecular complexity index is 535. The van der Waals surface area contributed by atoms with Gasteiger partial charge in [0.1, 0.15) is 13.2 Å². The standard InChI is InChI=1S/C16H21N3O3/c20-15(12-19-8-9-22-16(19)21)17-10-13-6-7-18(11-13)14-4-2-1-3-5-14/h1-5,13H,6-12H2,(H,17,20)/t13-/m1/s1. The molecule has 2 saturated heterocycles. The van der Waals surface area contributed by atoms with Gasteiger partial charge in [0.15, 0.2) is 0 Å². The normalized spacial score (nSPS) is 21.1. The van der Waals surface area contributed by atoms with E-state index in [4.69, 9.17) is 4.74 Å². The Labute approximate surface area is 130 Å². The van der Waals surface area contributed by atoms with E-state index in [1.165, 1.54) is 10.6 Å². The number of hydrogen-bond acceptors (Lipinski definition) is 4. The van der Waals surface area contributed by atoms with Crippen molar-refractivity contribution in [1.82, 2.24) is 10.2 Å². The molecule has 2 aliphatic heterocycles. The van der Waals surface area contributed by atoms with E-state index in [-0.39, 0.29) is 12.5 Å². The van der Waals surface area contributed by atoms with Gasteiger partial charge in [-0.05, 0) is 24.5 Å². The first kappa shape index (κ1) is 14.7. The minimum Gasteiger partial charge on any atom is -0.448 e. The molecule has 2 heterocycles. The van der Waals surface area contributed by atoms with Crippen molar-refractivity contribution in [3.8, 4) is 0 Å². The molecule has 1 N–H and O–H groups in total. The fourth-order valence-electron chi connectivity index (χ4n) is 2.93. The van der Waals surface area contributed by atoms with E-state index >= 15 is 0 Å². The van der Waals surface area contributed by atoms with Crippen molar-refractivity contribution >= 4 is 17.7 Å². The molecule has 1 aromatic carbocycles. The van der Waals surface area contributed by atoms with Crippen molar-refractivity contribution in [1.29, 1.82) is 0 Å². The summed E-state index contributed by atoms with van der Waals surface area (Å²) in [6.07, 6.45) is 0.673. The number of benzene rings is 1. The Morgan fingerprint density at radius 3 is 2.82 bits per heavy atom. The summed E-state index contributed by atoms with van der Waals surface area (Å²) in [5.41, 5.74) is 1.23. The highest BCUT2D eigenvalue weighted by Crippen LogP contribution is 2.22. The third kappa shape index (κ3) is 3.50. The van der Waals surface area contributed by atoms with Crippen LogP contribution in [0.3, 0.4) is 0 Å². The van der Waals surface area contributed by atoms with Crippen LogP contribution in [-0.4, -0.2) is 56.2 Å². The fraction of sp³-hybridized carbons (Fsp3) is 0.500. The van der Waals surface area contributed by atoms with Crippen LogP contribution in [0, 0.1) is 5.92 Å². The number of cyclic esters (lactones) is 1. The number of nitrogens with one attached hydrogen (secondary N) is 1. The van der Waals surface area contributed by atoms with Crippen LogP contribution in [0.25, 0.3) is 0 Å². The van der Waals surface area contributed by atoms with Crippen LogP contribution in [-0.2, 0) is 9.53 Å². The van der Waals surface area contributed by atoms with Gasteiger partial charge in [0.2, 0.25) is 5.91 Å². The van der Waals surface area contributed by atoms with Gasteiger partial charge in [-0.2, -0.15) is 0 Å². The first-order chi connectivity index (χ1) is 10.7. The molecule has 1 aromatic rings. The molecule has 3 rings (SSSR count). The predicted molar refractivity (Wildman–Crippen MR) is 82.7 cm³/mol. The number of para-hydroxylation sites is 1. The molecule has 118 valence electrons. The SMILES string of the molecule is O=C(CN1CCOC1=O)NC[C@H]1CCN(c2ccccc2)C1. The second kappa shape index (κ2) is 6.68. The molecule has 1 atom stereocenters. The lowest BCUT2D eigenvalue weighted by molar-refractivity contribution is -0.121. The van der Waals surface area contributed by atoms with Gasteiger partial charge >= 0.3 is 6.09 Å². The lowest BCUT2D eigenvalue weighted by Crippen LogP contribution is -2.39. The Hall–Kier alpha value is -2.24. The number of anilines is 1. The summed E-state index contributed by atoms with van der Waals surface area (Å²) in [7, 11) is 0. The molecule has 6 heteroatoms. The lowest BCUT2D eigenvalue weighted by Gasteiger charge is -2.19. The minimum atomic E-state index is -0.397. The highest BCUT2D eigenvalue weighted by Gasteiger charge is 2.26. The number of amides is 2. The molecule has 0 spiro atoms. The number of carbonyl (C=O) groups is 2. The van der Waals surface area contributed by atoms with E-state index in [1.807, 2.05) is 18.2 Å². The van der Waals surface area contributed by atoms with Gasteiger partial charge in [-0.25, -0.2) is 4.79 Å². The monoisotopic (exact) mass is 303 g/mol. The summed E-state index contributed by atoms with van der Waals surface area (Å²) in [6.45, 7) is 3.59. The van der Waals surface area contributed by atoms with E-state index in [9.17, 15) is 9.59 Å². The summed E-state index contributed by atoms with van der Waals surface area (Å²) >= 11 is 0. The molecule has 0 unspecified atom stereocenters. The Morgan fingerprint density at radius 1 is 1.27 bits per heavy atom. The lowest BCUT2D eigenvalue weighted by atomic mass is 10.1. The number of rotatable bonds is 5. The minimum absolute atomic E-state index is 0.0912. The molecule has 2 fully saturated rings. The van der Waals surface area contributed by atoms with Crippen molar-refractivity contribution < 1.29 is 14.3 Å². The van der Waals surface area contributed by atoms with E-state index < -0.39 is 6.09 Å². The molecular weight excluding hydrogens is 282 g/mol. The average molecular weight is 303 g/mol. The number of ether oxygens (including phenoxy) is 1. The molecule has 2 aliphatic rings. The maximum Gasteiger partial charge on any atom is 0.410 e. The zero-order chi connectivity index (χ0) is 15.4. The van der Waals surface area contributed by atoms with Crippen molar-refractivity contribution in [3.63, 3.8) is 0 Å². The largest absolute Gasteiger partial charge is 0.448 e. The maximum absolute atomic E-state index is 11.9. The van der Waals surface area contributed by atoms with Crippen molar-refractivity contribution in [3.05, 3.63) is 30.3 Å². The van der Waals surface area contributed by atoms with Crippen LogP contribution in [0.2, 0.25) is 0 Å². The van der Waals surface area contributed by atoms with Crippen LogP contribution in [0.4, 0.5) is 10.5 Å². The molecule has 0 saturated carbocycles. The van der Waals surface area contributed by atoms with Gasteiger partial charge in [0, 0.05) is 25.3 Å². The first-order valence-corrected chi connectivity index (χ1v) is 7.71. The Balaban J connectivity index is 1.41. The first-order valence-electron chi connectivity index (χ1n) is 7.71. The van der Waals surface area contributed by atoms with Gasteiger partial charge in [-0.1, -0.05) is 18.2 Å². The number of nitrogens with zero attached hydrogens (tertiary/aromatic N) is 2. The summed E-state index contributed by atoms with van der Waals surface area (Å²) in [5.74, 6) is 0.340. The van der Waals surface area contributed by atoms with Gasteiger partial charge in [-0.3, -0.25) is 9.69 Å². The zero-order valence-corrected chi connectivity index (χ0v) is 12.5. The molecule has 6 nitrogen and oxygen atoms in total. The summed E-state index contributed by atoms with van der Waals surface area (Å²) < 4.78 is 4.81. The highest BCUT2D eigenvalue weighted by atomic mass is 16.6. The summed E-state index contributed by atoms with van der Waals surface area (Å²) in [6, 6.07) is 10.3. The van der Waals surface area contributed by atoms with Gasteiger partial charge in [0.05, 0.1) is 6.54 Å². The van der Waals surface area contributed by atoms with Gasteiger partial charge in [-0.15, -0.1) is 0 Å². The second-order valence-electron chi connectivity index (χ2n) is 5.78. The van der Waals surface area contributed by atoms with Crippen molar-refractivity contribution in [2.45, 2.75) is 6.42 Å². The average Bonchev–Trinajstić information content (AvgIpc) is 3.16. The Morgan fingerprint density at radius 2 is 2.09 bits per heavy atom. The van der Waals surface area contributed by atoms with E-state index in [0.717, 1.165) is 19.5 Å². The zero-order valence-electron chi connectivity index (χ0n) is 12.5. The Kier molecular flexibility index (Phi) is 4.46. The van der Waals surface area contributed by atoms with E-state index in [1.54, 1.807) is 0 Å². The quantitative estimate of drug-likeness (QED) is 0.884. The van der Waals surface area contributed by atoms with Gasteiger partial charge < -0.3 is 15.0 Å². The molecule has 22 heavy (non-hydrogen) atoms. The van der Waals surface area contributed by atoms with Crippen LogP contribution in [0.15, 0.2) is 30.3 Å². The highest BCUT2D eigenvalue weighted by molar-refractivity contribution is 5.82. The van der Waals surface area contributed by atoms with Crippen LogP contribution >= 0.6 is 0 Å². The van der Waals surface area contributed by atoms with Crippen LogP contribution in [0.1, 0.15) is 6.42 Å². The second-order valence-corrected chi connectivity index (χ2v) is 5.78. The maximum atomic E-state index is 11.9. The smallest absolute Gasteiger partial charge is 0.410 e. The fourth-order valence-corrected chi connectivity index (χ4v) is 2.93. The van der Waals surface area contributed by atoms with Gasteiger partial charge in [0.25, 0.3) is 0 Å². The molecule has 2 amide bonds. The number of carbonyl (C=O) groups excluding carboxylic acids is 2. The van der Waals surface area contributed by atoms with E-state index in [0.29, 0.717) is 25.6 Å². The summed E-state index contributed by atoms with van der Waals surface area (Å²) in [4.78, 5) is 26.9. The molecule has 0 bridgehead atoms. The third-order valence-electron chi connectivity index (χ3n) is 4.17. The number of hydrogen-bond donors (Lipinski definition) is 1. The van der Waals surface area contributed by atoms with Crippen LogP contribution < -0.4 is 10.2 Å².